The van der Waals surface area contributed by atoms with Crippen LogP contribution < -0.4 is 0 Å². The zero-order valence-electron chi connectivity index (χ0n) is 15.2. The number of unbranched alkanes of at least 4 members (excludes halogenated alkanes) is 2. The molecule has 0 saturated heterocycles. The minimum Gasteiger partial charge on any atom is -0.220 e. The molecule has 3 aromatic rings. The molecule has 0 aliphatic rings. The van der Waals surface area contributed by atoms with Crippen LogP contribution in [-0.4, -0.2) is 46.2 Å². The second kappa shape index (κ2) is 9.42. The molecule has 1 aromatic carbocycles. The molecule has 138 valence electrons. The Balaban J connectivity index is 1.35. The normalized spacial score (nSPS) is 11.3. The van der Waals surface area contributed by atoms with Crippen LogP contribution >= 0.6 is 11.8 Å². The molecule has 0 aliphatic carbocycles. The van der Waals surface area contributed by atoms with E-state index in [1.165, 1.54) is 0 Å². The van der Waals surface area contributed by atoms with Gasteiger partial charge in [-0.15, -0.1) is 15.3 Å². The van der Waals surface area contributed by atoms with Crippen LogP contribution in [0.25, 0.3) is 11.4 Å². The summed E-state index contributed by atoms with van der Waals surface area (Å²) in [5.41, 5.74) is 0.995. The first-order valence-electron chi connectivity index (χ1n) is 8.94. The highest BCUT2D eigenvalue weighted by atomic mass is 32.2. The Morgan fingerprint density at radius 2 is 1.85 bits per heavy atom. The van der Waals surface area contributed by atoms with Gasteiger partial charge in [0, 0.05) is 17.9 Å². The van der Waals surface area contributed by atoms with Crippen LogP contribution in [0.2, 0.25) is 0 Å². The molecule has 0 amide bonds. The lowest BCUT2D eigenvalue weighted by molar-refractivity contribution is 0.445. The van der Waals surface area contributed by atoms with Crippen molar-refractivity contribution < 1.29 is 0 Å². The van der Waals surface area contributed by atoms with Gasteiger partial charge in [0.05, 0.1) is 6.54 Å². The molecule has 0 atom stereocenters. The number of rotatable bonds is 10. The lowest BCUT2D eigenvalue weighted by Gasteiger charge is -2.06. The lowest BCUT2D eigenvalue weighted by Crippen LogP contribution is -2.07. The first kappa shape index (κ1) is 18.5. The highest BCUT2D eigenvalue weighted by Crippen LogP contribution is 2.17. The van der Waals surface area contributed by atoms with Crippen LogP contribution in [0.5, 0.6) is 0 Å². The van der Waals surface area contributed by atoms with Crippen molar-refractivity contribution >= 4 is 11.8 Å². The maximum atomic E-state index is 4.44. The second-order valence-corrected chi connectivity index (χ2v) is 7.58. The quantitative estimate of drug-likeness (QED) is 0.399. The van der Waals surface area contributed by atoms with E-state index < -0.39 is 0 Å². The molecule has 0 aliphatic heterocycles. The molecule has 0 bridgehead atoms. The van der Waals surface area contributed by atoms with Crippen LogP contribution in [0.4, 0.5) is 0 Å². The number of nitrogens with zero attached hydrogens (tertiary/aromatic N) is 8. The molecule has 0 unspecified atom stereocenters. The molecule has 0 fully saturated rings. The summed E-state index contributed by atoms with van der Waals surface area (Å²) >= 11 is 1.72. The Labute approximate surface area is 157 Å². The number of hydrogen-bond donors (Lipinski definition) is 0. The molecule has 0 radical (unpaired) electrons. The van der Waals surface area contributed by atoms with Crippen molar-refractivity contribution in [2.24, 2.45) is 5.92 Å². The molecular formula is C17H24N8S. The molecule has 8 nitrogen and oxygen atoms in total. The summed E-state index contributed by atoms with van der Waals surface area (Å²) in [4.78, 5) is 1.68. The third kappa shape index (κ3) is 5.35. The van der Waals surface area contributed by atoms with E-state index in [-0.39, 0.29) is 0 Å². The number of hydrogen-bond acceptors (Lipinski definition) is 7. The fourth-order valence-corrected chi connectivity index (χ4v) is 3.38. The van der Waals surface area contributed by atoms with Crippen molar-refractivity contribution in [3.05, 3.63) is 30.3 Å². The van der Waals surface area contributed by atoms with Crippen LogP contribution in [0.1, 0.15) is 33.1 Å². The summed E-state index contributed by atoms with van der Waals surface area (Å²) in [6.45, 7) is 5.97. The molecular weight excluding hydrogens is 348 g/mol. The Bertz CT molecular complexity index is 783. The fraction of sp³-hybridized carbons (Fsp3) is 0.529. The second-order valence-electron chi connectivity index (χ2n) is 6.52. The summed E-state index contributed by atoms with van der Waals surface area (Å²) < 4.78 is 1.89. The number of tetrazole rings is 2. The van der Waals surface area contributed by atoms with Gasteiger partial charge in [-0.05, 0) is 34.4 Å². The average Bonchev–Trinajstić information content (AvgIpc) is 3.28. The summed E-state index contributed by atoms with van der Waals surface area (Å²) in [6, 6.07) is 9.92. The molecule has 26 heavy (non-hydrogen) atoms. The van der Waals surface area contributed by atoms with Crippen LogP contribution in [-0.2, 0) is 13.1 Å². The van der Waals surface area contributed by atoms with Gasteiger partial charge in [0.2, 0.25) is 11.0 Å². The van der Waals surface area contributed by atoms with E-state index in [0.717, 1.165) is 48.8 Å². The fourth-order valence-electron chi connectivity index (χ4n) is 2.50. The Morgan fingerprint density at radius 1 is 1.00 bits per heavy atom. The van der Waals surface area contributed by atoms with Crippen molar-refractivity contribution in [1.29, 1.82) is 0 Å². The summed E-state index contributed by atoms with van der Waals surface area (Å²) in [5.74, 6) is 2.23. The first-order valence-corrected chi connectivity index (χ1v) is 9.93. The van der Waals surface area contributed by atoms with Gasteiger partial charge in [0.15, 0.2) is 0 Å². The minimum absolute atomic E-state index is 0.536. The van der Waals surface area contributed by atoms with E-state index in [0.29, 0.717) is 11.7 Å². The lowest BCUT2D eigenvalue weighted by atomic mass is 10.2. The minimum atomic E-state index is 0.536. The highest BCUT2D eigenvalue weighted by Gasteiger charge is 2.08. The van der Waals surface area contributed by atoms with Gasteiger partial charge in [0.1, 0.15) is 0 Å². The SMILES string of the molecule is CC(C)Cn1nnnc1SCCCCCn1nnc(-c2ccccc2)n1. The van der Waals surface area contributed by atoms with E-state index in [9.17, 15) is 0 Å². The zero-order chi connectivity index (χ0) is 18.2. The van der Waals surface area contributed by atoms with Gasteiger partial charge < -0.3 is 0 Å². The maximum absolute atomic E-state index is 4.44. The van der Waals surface area contributed by atoms with E-state index >= 15 is 0 Å². The van der Waals surface area contributed by atoms with Gasteiger partial charge >= 0.3 is 0 Å². The Morgan fingerprint density at radius 3 is 2.65 bits per heavy atom. The molecule has 0 saturated carbocycles. The standard InChI is InChI=1S/C17H24N8S/c1-14(2)13-24-17(19-21-23-24)26-12-8-4-7-11-25-20-16(18-22-25)15-9-5-3-6-10-15/h3,5-6,9-10,14H,4,7-8,11-13H2,1-2H3. The van der Waals surface area contributed by atoms with E-state index in [1.54, 1.807) is 16.6 Å². The monoisotopic (exact) mass is 372 g/mol. The zero-order valence-corrected chi connectivity index (χ0v) is 16.0. The first-order chi connectivity index (χ1) is 12.7. The largest absolute Gasteiger partial charge is 0.220 e. The molecule has 0 N–H and O–H groups in total. The van der Waals surface area contributed by atoms with Crippen molar-refractivity contribution in [3.8, 4) is 11.4 Å². The third-order valence-electron chi connectivity index (χ3n) is 3.76. The van der Waals surface area contributed by atoms with E-state index in [2.05, 4.69) is 44.8 Å². The average molecular weight is 373 g/mol. The molecule has 2 heterocycles. The van der Waals surface area contributed by atoms with Gasteiger partial charge in [0.25, 0.3) is 0 Å². The number of aromatic nitrogens is 8. The van der Waals surface area contributed by atoms with Crippen molar-refractivity contribution in [2.75, 3.05) is 5.75 Å². The third-order valence-corrected chi connectivity index (χ3v) is 4.80. The molecule has 9 heteroatoms. The highest BCUT2D eigenvalue weighted by molar-refractivity contribution is 7.99. The van der Waals surface area contributed by atoms with E-state index in [4.69, 9.17) is 0 Å². The van der Waals surface area contributed by atoms with Gasteiger partial charge in [-0.1, -0.05) is 62.4 Å². The molecule has 3 rings (SSSR count). The predicted octanol–water partition coefficient (Wildman–Crippen LogP) is 2.95. The predicted molar refractivity (Wildman–Crippen MR) is 100 cm³/mol. The number of benzene rings is 1. The molecule has 0 spiro atoms. The maximum Gasteiger partial charge on any atom is 0.209 e. The number of thioether (sulfide) groups is 1. The van der Waals surface area contributed by atoms with Crippen molar-refractivity contribution in [1.82, 2.24) is 40.4 Å². The van der Waals surface area contributed by atoms with Crippen LogP contribution in [0, 0.1) is 5.92 Å². The Kier molecular flexibility index (Phi) is 6.70. The Hall–Kier alpha value is -2.29. The summed E-state index contributed by atoms with van der Waals surface area (Å²) in [7, 11) is 0. The van der Waals surface area contributed by atoms with Crippen molar-refractivity contribution in [3.63, 3.8) is 0 Å². The van der Waals surface area contributed by atoms with Crippen LogP contribution in [0.3, 0.4) is 0 Å². The topological polar surface area (TPSA) is 87.2 Å². The smallest absolute Gasteiger partial charge is 0.209 e. The molecule has 2 aromatic heterocycles. The number of aryl methyl sites for hydroxylation is 1. The van der Waals surface area contributed by atoms with Crippen LogP contribution in [0.15, 0.2) is 35.5 Å². The van der Waals surface area contributed by atoms with Gasteiger partial charge in [-0.25, -0.2) is 4.68 Å². The van der Waals surface area contributed by atoms with Gasteiger partial charge in [-0.2, -0.15) is 4.80 Å². The van der Waals surface area contributed by atoms with Crippen molar-refractivity contribution in [2.45, 2.75) is 51.4 Å². The summed E-state index contributed by atoms with van der Waals surface area (Å²) in [5, 5.41) is 25.5. The van der Waals surface area contributed by atoms with Gasteiger partial charge in [-0.3, -0.25) is 0 Å². The van der Waals surface area contributed by atoms with E-state index in [1.807, 2.05) is 35.0 Å². The summed E-state index contributed by atoms with van der Waals surface area (Å²) in [6.07, 6.45) is 3.25.